The van der Waals surface area contributed by atoms with Gasteiger partial charge in [0, 0.05) is 24.7 Å². The van der Waals surface area contributed by atoms with Gasteiger partial charge in [-0.05, 0) is 31.3 Å². The van der Waals surface area contributed by atoms with Crippen LogP contribution in [0.15, 0.2) is 18.2 Å². The van der Waals surface area contributed by atoms with Gasteiger partial charge in [-0.25, -0.2) is 0 Å². The maximum Gasteiger partial charge on any atom is 0.0950 e. The Morgan fingerprint density at radius 1 is 1.47 bits per heavy atom. The van der Waals surface area contributed by atoms with Crippen molar-refractivity contribution in [2.45, 2.75) is 12.6 Å². The van der Waals surface area contributed by atoms with E-state index in [1.165, 1.54) is 0 Å². The van der Waals surface area contributed by atoms with Crippen molar-refractivity contribution in [2.24, 2.45) is 0 Å². The van der Waals surface area contributed by atoms with Crippen molar-refractivity contribution >= 4 is 11.6 Å². The van der Waals surface area contributed by atoms with Crippen molar-refractivity contribution in [3.05, 3.63) is 34.3 Å². The first-order valence-corrected chi connectivity index (χ1v) is 6.30. The number of nitrogens with zero attached hydrogens (tertiary/aromatic N) is 1. The highest BCUT2D eigenvalue weighted by molar-refractivity contribution is 6.31. The Kier molecular flexibility index (Phi) is 4.40. The lowest BCUT2D eigenvalue weighted by Gasteiger charge is -2.24. The van der Waals surface area contributed by atoms with Gasteiger partial charge >= 0.3 is 0 Å². The van der Waals surface area contributed by atoms with Crippen LogP contribution in [-0.4, -0.2) is 38.7 Å². The van der Waals surface area contributed by atoms with Crippen molar-refractivity contribution in [3.63, 3.8) is 0 Å². The second-order valence-electron chi connectivity index (χ2n) is 4.65. The van der Waals surface area contributed by atoms with Crippen molar-refractivity contribution in [3.8, 4) is 0 Å². The van der Waals surface area contributed by atoms with Gasteiger partial charge in [-0.3, -0.25) is 0 Å². The summed E-state index contributed by atoms with van der Waals surface area (Å²) in [5, 5.41) is 4.15. The van der Waals surface area contributed by atoms with Crippen LogP contribution in [0.3, 0.4) is 0 Å². The molecule has 2 rings (SSSR count). The fourth-order valence-electron chi connectivity index (χ4n) is 2.01. The number of ether oxygens (including phenoxy) is 1. The fourth-order valence-corrected chi connectivity index (χ4v) is 2.26. The number of morpholine rings is 1. The quantitative estimate of drug-likeness (QED) is 0.894. The number of hydrogen-bond acceptors (Lipinski definition) is 3. The lowest BCUT2D eigenvalue weighted by atomic mass is 10.1. The third-order valence-electron chi connectivity index (χ3n) is 2.86. The van der Waals surface area contributed by atoms with Crippen LogP contribution in [0.2, 0.25) is 5.02 Å². The molecule has 0 aliphatic carbocycles. The van der Waals surface area contributed by atoms with Crippen molar-refractivity contribution in [2.75, 3.05) is 33.8 Å². The first-order valence-electron chi connectivity index (χ1n) is 5.92. The van der Waals surface area contributed by atoms with E-state index < -0.39 is 0 Å². The van der Waals surface area contributed by atoms with Crippen LogP contribution in [0.4, 0.5) is 0 Å². The Morgan fingerprint density at radius 3 is 2.88 bits per heavy atom. The van der Waals surface area contributed by atoms with Gasteiger partial charge in [0.25, 0.3) is 0 Å². The molecule has 0 amide bonds. The summed E-state index contributed by atoms with van der Waals surface area (Å²) in [6.45, 7) is 3.43. The van der Waals surface area contributed by atoms with Crippen LogP contribution >= 0.6 is 11.6 Å². The maximum atomic E-state index is 6.29. The van der Waals surface area contributed by atoms with Gasteiger partial charge in [0.15, 0.2) is 0 Å². The number of hydrogen-bond donors (Lipinski definition) is 1. The Hall–Kier alpha value is -0.610. The van der Waals surface area contributed by atoms with E-state index in [-0.39, 0.29) is 6.10 Å². The first kappa shape index (κ1) is 12.8. The van der Waals surface area contributed by atoms with Gasteiger partial charge in [0.2, 0.25) is 0 Å². The second-order valence-corrected chi connectivity index (χ2v) is 5.06. The summed E-state index contributed by atoms with van der Waals surface area (Å²) in [5.74, 6) is 0. The van der Waals surface area contributed by atoms with E-state index in [0.717, 1.165) is 42.4 Å². The Bertz CT molecular complexity index is 376. The van der Waals surface area contributed by atoms with Crippen LogP contribution in [-0.2, 0) is 11.3 Å². The van der Waals surface area contributed by atoms with E-state index in [4.69, 9.17) is 16.3 Å². The molecule has 1 aliphatic heterocycles. The van der Waals surface area contributed by atoms with E-state index in [1.54, 1.807) is 0 Å². The number of halogens is 1. The Labute approximate surface area is 108 Å². The van der Waals surface area contributed by atoms with E-state index in [0.29, 0.717) is 0 Å². The van der Waals surface area contributed by atoms with Gasteiger partial charge in [-0.1, -0.05) is 23.7 Å². The number of rotatable bonds is 3. The van der Waals surface area contributed by atoms with E-state index in [9.17, 15) is 0 Å². The molecule has 94 valence electrons. The highest BCUT2D eigenvalue weighted by Crippen LogP contribution is 2.25. The van der Waals surface area contributed by atoms with Crippen molar-refractivity contribution < 1.29 is 4.74 Å². The molecule has 1 fully saturated rings. The highest BCUT2D eigenvalue weighted by Gasteiger charge is 2.16. The predicted octanol–water partition coefficient (Wildman–Crippen LogP) is 2.06. The molecule has 1 aliphatic rings. The minimum atomic E-state index is 0.134. The third-order valence-corrected chi connectivity index (χ3v) is 3.21. The zero-order valence-corrected chi connectivity index (χ0v) is 11.1. The average molecular weight is 255 g/mol. The molecule has 1 heterocycles. The molecule has 1 unspecified atom stereocenters. The highest BCUT2D eigenvalue weighted by atomic mass is 35.5. The first-order chi connectivity index (χ1) is 8.16. The molecule has 4 heteroatoms. The summed E-state index contributed by atoms with van der Waals surface area (Å²) < 4.78 is 5.71. The van der Waals surface area contributed by atoms with E-state index in [1.807, 2.05) is 20.2 Å². The smallest absolute Gasteiger partial charge is 0.0950 e. The van der Waals surface area contributed by atoms with Gasteiger partial charge in [0.1, 0.15) is 0 Å². The third kappa shape index (κ3) is 3.42. The standard InChI is InChI=1S/C13H19ClN2O/c1-16(2)9-11-4-3-10(7-12(11)14)13-8-15-5-6-17-13/h3-4,7,13,15H,5-6,8-9H2,1-2H3. The van der Waals surface area contributed by atoms with Gasteiger partial charge < -0.3 is 15.0 Å². The molecule has 0 saturated carbocycles. The number of nitrogens with one attached hydrogen (secondary N) is 1. The van der Waals surface area contributed by atoms with Crippen LogP contribution in [0.1, 0.15) is 17.2 Å². The maximum absolute atomic E-state index is 6.29. The fraction of sp³-hybridized carbons (Fsp3) is 0.538. The molecule has 3 nitrogen and oxygen atoms in total. The van der Waals surface area contributed by atoms with Crippen LogP contribution in [0.5, 0.6) is 0 Å². The Morgan fingerprint density at radius 2 is 2.29 bits per heavy atom. The van der Waals surface area contributed by atoms with Crippen LogP contribution in [0, 0.1) is 0 Å². The summed E-state index contributed by atoms with van der Waals surface area (Å²) in [5.41, 5.74) is 2.31. The molecule has 0 spiro atoms. The van der Waals surface area contributed by atoms with Gasteiger partial charge in [-0.15, -0.1) is 0 Å². The summed E-state index contributed by atoms with van der Waals surface area (Å²) in [7, 11) is 4.08. The molecule has 17 heavy (non-hydrogen) atoms. The molecule has 1 aromatic rings. The monoisotopic (exact) mass is 254 g/mol. The molecule has 1 saturated heterocycles. The average Bonchev–Trinajstić information content (AvgIpc) is 2.32. The van der Waals surface area contributed by atoms with Crippen molar-refractivity contribution in [1.82, 2.24) is 10.2 Å². The lowest BCUT2D eigenvalue weighted by molar-refractivity contribution is 0.0277. The van der Waals surface area contributed by atoms with Crippen LogP contribution < -0.4 is 5.32 Å². The molecule has 0 aromatic heterocycles. The molecule has 0 radical (unpaired) electrons. The normalized spacial score (nSPS) is 20.8. The SMILES string of the molecule is CN(C)Cc1ccc(C2CNCCO2)cc1Cl. The topological polar surface area (TPSA) is 24.5 Å². The molecule has 1 atom stereocenters. The van der Waals surface area contributed by atoms with E-state index >= 15 is 0 Å². The molecule has 0 bridgehead atoms. The largest absolute Gasteiger partial charge is 0.371 e. The minimum Gasteiger partial charge on any atom is -0.371 e. The summed E-state index contributed by atoms with van der Waals surface area (Å²) in [6.07, 6.45) is 0.134. The molecule has 1 N–H and O–H groups in total. The van der Waals surface area contributed by atoms with Crippen molar-refractivity contribution in [1.29, 1.82) is 0 Å². The van der Waals surface area contributed by atoms with E-state index in [2.05, 4.69) is 22.3 Å². The predicted molar refractivity (Wildman–Crippen MR) is 70.4 cm³/mol. The summed E-state index contributed by atoms with van der Waals surface area (Å²) in [6, 6.07) is 6.23. The Balaban J connectivity index is 2.12. The van der Waals surface area contributed by atoms with Crippen LogP contribution in [0.25, 0.3) is 0 Å². The summed E-state index contributed by atoms with van der Waals surface area (Å²) >= 11 is 6.29. The molecular weight excluding hydrogens is 236 g/mol. The summed E-state index contributed by atoms with van der Waals surface area (Å²) in [4.78, 5) is 2.11. The molecule has 1 aromatic carbocycles. The lowest BCUT2D eigenvalue weighted by Crippen LogP contribution is -2.33. The zero-order chi connectivity index (χ0) is 12.3. The molecular formula is C13H19ClN2O. The minimum absolute atomic E-state index is 0.134. The van der Waals surface area contributed by atoms with Gasteiger partial charge in [0.05, 0.1) is 12.7 Å². The second kappa shape index (κ2) is 5.83. The number of benzene rings is 1. The zero-order valence-electron chi connectivity index (χ0n) is 10.4. The van der Waals surface area contributed by atoms with Gasteiger partial charge in [-0.2, -0.15) is 0 Å².